The molecule has 182 valence electrons. The molecule has 0 fully saturated rings. The molecule has 3 amide bonds. The van der Waals surface area contributed by atoms with Gasteiger partial charge in [0.1, 0.15) is 0 Å². The fourth-order valence-corrected chi connectivity index (χ4v) is 3.83. The summed E-state index contributed by atoms with van der Waals surface area (Å²) in [5.41, 5.74) is 3.25. The van der Waals surface area contributed by atoms with Gasteiger partial charge in [0.05, 0.1) is 18.6 Å². The van der Waals surface area contributed by atoms with E-state index in [-0.39, 0.29) is 30.3 Å². The van der Waals surface area contributed by atoms with Crippen LogP contribution >= 0.6 is 0 Å². The van der Waals surface area contributed by atoms with Crippen LogP contribution in [0.5, 0.6) is 0 Å². The zero-order valence-corrected chi connectivity index (χ0v) is 20.3. The molecule has 0 aliphatic carbocycles. The molecule has 3 N–H and O–H groups in total. The Labute approximate surface area is 206 Å². The van der Waals surface area contributed by atoms with Gasteiger partial charge in [-0.3, -0.25) is 19.3 Å². The Hall–Kier alpha value is -3.97. The van der Waals surface area contributed by atoms with Crippen LogP contribution in [0.3, 0.4) is 0 Å². The zero-order chi connectivity index (χ0) is 25.2. The molecule has 7 heteroatoms. The molecule has 0 aliphatic rings. The van der Waals surface area contributed by atoms with E-state index in [0.29, 0.717) is 17.9 Å². The maximum Gasteiger partial charge on any atom is 0.238 e. The zero-order valence-electron chi connectivity index (χ0n) is 20.3. The number of hydrogen-bond acceptors (Lipinski definition) is 4. The first kappa shape index (κ1) is 25.6. The van der Waals surface area contributed by atoms with Gasteiger partial charge in [0.2, 0.25) is 17.7 Å². The largest absolute Gasteiger partial charge is 0.344 e. The van der Waals surface area contributed by atoms with Crippen LogP contribution < -0.4 is 16.0 Å². The maximum atomic E-state index is 13.2. The van der Waals surface area contributed by atoms with Gasteiger partial charge in [0, 0.05) is 18.3 Å². The summed E-state index contributed by atoms with van der Waals surface area (Å²) in [6.45, 7) is 5.77. The van der Waals surface area contributed by atoms with Crippen molar-refractivity contribution in [1.29, 1.82) is 0 Å². The first-order valence-corrected chi connectivity index (χ1v) is 11.7. The number of hydrogen-bond donors (Lipinski definition) is 3. The summed E-state index contributed by atoms with van der Waals surface area (Å²) in [6.07, 6.45) is 0. The first-order chi connectivity index (χ1) is 16.9. The van der Waals surface area contributed by atoms with Gasteiger partial charge in [-0.05, 0) is 48.9 Å². The number of likely N-dealkylation sites (N-methyl/N-ethyl adjacent to an activating group) is 1. The van der Waals surface area contributed by atoms with Gasteiger partial charge >= 0.3 is 0 Å². The van der Waals surface area contributed by atoms with Gasteiger partial charge in [-0.15, -0.1) is 0 Å². The highest BCUT2D eigenvalue weighted by Gasteiger charge is 2.25. The second-order valence-electron chi connectivity index (χ2n) is 8.31. The van der Waals surface area contributed by atoms with E-state index in [2.05, 4.69) is 16.0 Å². The average molecular weight is 473 g/mol. The summed E-state index contributed by atoms with van der Waals surface area (Å²) in [5.74, 6) is -0.534. The molecule has 3 aromatic carbocycles. The van der Waals surface area contributed by atoms with Gasteiger partial charge in [0.15, 0.2) is 0 Å². The molecule has 3 rings (SSSR count). The van der Waals surface area contributed by atoms with E-state index in [0.717, 1.165) is 11.1 Å². The van der Waals surface area contributed by atoms with Crippen molar-refractivity contribution in [3.05, 3.63) is 96.1 Å². The molecular formula is C28H32N4O3. The molecule has 1 unspecified atom stereocenters. The SMILES string of the molecule is CCN(CC(=O)Nc1ccc(NC(C)=O)cc1)C(C)C(=O)NC(c1ccccc1)c1ccccc1. The summed E-state index contributed by atoms with van der Waals surface area (Å²) in [6, 6.07) is 25.7. The van der Waals surface area contributed by atoms with Crippen molar-refractivity contribution in [2.75, 3.05) is 23.7 Å². The normalized spacial score (nSPS) is 11.7. The lowest BCUT2D eigenvalue weighted by atomic mass is 9.98. The number of rotatable bonds is 10. The molecule has 0 bridgehead atoms. The van der Waals surface area contributed by atoms with Crippen molar-refractivity contribution in [2.24, 2.45) is 0 Å². The fraction of sp³-hybridized carbons (Fsp3) is 0.250. The van der Waals surface area contributed by atoms with Gasteiger partial charge in [-0.25, -0.2) is 0 Å². The Balaban J connectivity index is 1.64. The number of carbonyl (C=O) groups excluding carboxylic acids is 3. The lowest BCUT2D eigenvalue weighted by Gasteiger charge is -2.29. The molecule has 0 aliphatic heterocycles. The molecule has 0 heterocycles. The highest BCUT2D eigenvalue weighted by atomic mass is 16.2. The summed E-state index contributed by atoms with van der Waals surface area (Å²) in [4.78, 5) is 38.9. The van der Waals surface area contributed by atoms with Crippen LogP contribution in [0.25, 0.3) is 0 Å². The quantitative estimate of drug-likeness (QED) is 0.413. The lowest BCUT2D eigenvalue weighted by molar-refractivity contribution is -0.127. The Morgan fingerprint density at radius 1 is 0.771 bits per heavy atom. The van der Waals surface area contributed by atoms with Crippen molar-refractivity contribution in [1.82, 2.24) is 10.2 Å². The molecule has 3 aromatic rings. The predicted molar refractivity (Wildman–Crippen MR) is 139 cm³/mol. The highest BCUT2D eigenvalue weighted by Crippen LogP contribution is 2.22. The summed E-state index contributed by atoms with van der Waals surface area (Å²) >= 11 is 0. The number of nitrogens with one attached hydrogen (secondary N) is 3. The van der Waals surface area contributed by atoms with E-state index in [1.165, 1.54) is 6.92 Å². The number of amides is 3. The number of benzene rings is 3. The molecule has 7 nitrogen and oxygen atoms in total. The Bertz CT molecular complexity index is 1080. The van der Waals surface area contributed by atoms with Crippen LogP contribution in [0.1, 0.15) is 37.9 Å². The monoisotopic (exact) mass is 472 g/mol. The third-order valence-electron chi connectivity index (χ3n) is 5.72. The third kappa shape index (κ3) is 7.52. The molecule has 0 saturated carbocycles. The summed E-state index contributed by atoms with van der Waals surface area (Å²) < 4.78 is 0. The molecule has 0 aromatic heterocycles. The molecule has 1 atom stereocenters. The van der Waals surface area contributed by atoms with Crippen LogP contribution in [0.2, 0.25) is 0 Å². The molecule has 35 heavy (non-hydrogen) atoms. The van der Waals surface area contributed by atoms with Crippen molar-refractivity contribution in [3.63, 3.8) is 0 Å². The van der Waals surface area contributed by atoms with Crippen LogP contribution in [-0.2, 0) is 14.4 Å². The van der Waals surface area contributed by atoms with Crippen LogP contribution in [0.4, 0.5) is 11.4 Å². The summed E-state index contributed by atoms with van der Waals surface area (Å²) in [7, 11) is 0. The Morgan fingerprint density at radius 2 is 1.26 bits per heavy atom. The lowest BCUT2D eigenvalue weighted by Crippen LogP contribution is -2.48. The van der Waals surface area contributed by atoms with E-state index >= 15 is 0 Å². The Kier molecular flexibility index (Phi) is 9.15. The van der Waals surface area contributed by atoms with Crippen LogP contribution in [0.15, 0.2) is 84.9 Å². The standard InChI is InChI=1S/C28H32N4O3/c1-4-32(19-26(34)30-25-17-15-24(16-18-25)29-21(3)33)20(2)28(35)31-27(22-11-7-5-8-12-22)23-13-9-6-10-14-23/h5-18,20,27H,4,19H2,1-3H3,(H,29,33)(H,30,34)(H,31,35). The minimum Gasteiger partial charge on any atom is -0.344 e. The number of nitrogens with zero attached hydrogens (tertiary/aromatic N) is 1. The molecular weight excluding hydrogens is 440 g/mol. The second kappa shape index (κ2) is 12.5. The van der Waals surface area contributed by atoms with Crippen molar-refractivity contribution >= 4 is 29.1 Å². The minimum atomic E-state index is -0.511. The molecule has 0 saturated heterocycles. The summed E-state index contributed by atoms with van der Waals surface area (Å²) in [5, 5.41) is 8.70. The average Bonchev–Trinajstić information content (AvgIpc) is 2.87. The van der Waals surface area contributed by atoms with Crippen molar-refractivity contribution in [3.8, 4) is 0 Å². The minimum absolute atomic E-state index is 0.0693. The van der Waals surface area contributed by atoms with Gasteiger partial charge in [-0.1, -0.05) is 67.6 Å². The molecule has 0 spiro atoms. The van der Waals surface area contributed by atoms with Crippen molar-refractivity contribution < 1.29 is 14.4 Å². The second-order valence-corrected chi connectivity index (χ2v) is 8.31. The first-order valence-electron chi connectivity index (χ1n) is 11.7. The maximum absolute atomic E-state index is 13.2. The Morgan fingerprint density at radius 3 is 1.71 bits per heavy atom. The van der Waals surface area contributed by atoms with Gasteiger partial charge < -0.3 is 16.0 Å². The smallest absolute Gasteiger partial charge is 0.238 e. The van der Waals surface area contributed by atoms with E-state index in [1.807, 2.05) is 72.5 Å². The van der Waals surface area contributed by atoms with Crippen LogP contribution in [0, 0.1) is 0 Å². The van der Waals surface area contributed by atoms with Crippen LogP contribution in [-0.4, -0.2) is 41.8 Å². The topological polar surface area (TPSA) is 90.5 Å². The number of anilines is 2. The van der Waals surface area contributed by atoms with Gasteiger partial charge in [0.25, 0.3) is 0 Å². The third-order valence-corrected chi connectivity index (χ3v) is 5.72. The molecule has 0 radical (unpaired) electrons. The van der Waals surface area contributed by atoms with E-state index in [9.17, 15) is 14.4 Å². The highest BCUT2D eigenvalue weighted by molar-refractivity contribution is 5.94. The van der Waals surface area contributed by atoms with E-state index in [4.69, 9.17) is 0 Å². The van der Waals surface area contributed by atoms with Crippen molar-refractivity contribution in [2.45, 2.75) is 32.9 Å². The van der Waals surface area contributed by atoms with E-state index < -0.39 is 6.04 Å². The fourth-order valence-electron chi connectivity index (χ4n) is 3.83. The predicted octanol–water partition coefficient (Wildman–Crippen LogP) is 4.20. The van der Waals surface area contributed by atoms with Gasteiger partial charge in [-0.2, -0.15) is 0 Å². The van der Waals surface area contributed by atoms with E-state index in [1.54, 1.807) is 31.2 Å². The number of carbonyl (C=O) groups is 3.